The predicted octanol–water partition coefficient (Wildman–Crippen LogP) is 5.90. The lowest BCUT2D eigenvalue weighted by Crippen LogP contribution is -2.15. The third-order valence-corrected chi connectivity index (χ3v) is 5.08. The van der Waals surface area contributed by atoms with Crippen molar-refractivity contribution in [1.82, 2.24) is 19.7 Å². The summed E-state index contributed by atoms with van der Waals surface area (Å²) in [6.45, 7) is 0.169. The smallest absolute Gasteiger partial charge is 0.418 e. The molecule has 0 aliphatic rings. The average molecular weight is 512 g/mol. The van der Waals surface area contributed by atoms with Gasteiger partial charge in [-0.25, -0.2) is 8.78 Å². The molecule has 1 aromatic carbocycles. The van der Waals surface area contributed by atoms with Gasteiger partial charge in [-0.1, -0.05) is 0 Å². The molecule has 3 aromatic heterocycles. The Hall–Kier alpha value is -3.33. The Balaban J connectivity index is 1.87. The maximum Gasteiger partial charge on any atom is 0.418 e. The van der Waals surface area contributed by atoms with Crippen molar-refractivity contribution in [3.05, 3.63) is 63.8 Å². The zero-order chi connectivity index (χ0) is 23.3. The Kier molecular flexibility index (Phi) is 5.24. The molecule has 6 nitrogen and oxygen atoms in total. The summed E-state index contributed by atoms with van der Waals surface area (Å²) < 4.78 is 76.8. The molecule has 4 rings (SSSR count). The molecule has 0 amide bonds. The van der Waals surface area contributed by atoms with E-state index in [2.05, 4.69) is 31.1 Å². The zero-order valence-electron chi connectivity index (χ0n) is 16.1. The van der Waals surface area contributed by atoms with Crippen LogP contribution in [0.5, 0.6) is 0 Å². The normalized spacial score (nSPS) is 12.3. The Labute approximate surface area is 185 Å². The van der Waals surface area contributed by atoms with Crippen molar-refractivity contribution in [3.63, 3.8) is 0 Å². The number of rotatable bonds is 4. The van der Waals surface area contributed by atoms with Crippen LogP contribution in [0.1, 0.15) is 29.6 Å². The molecule has 0 aliphatic heterocycles. The lowest BCUT2D eigenvalue weighted by molar-refractivity contribution is -0.136. The van der Waals surface area contributed by atoms with Crippen molar-refractivity contribution in [2.45, 2.75) is 25.6 Å². The number of nitriles is 1. The summed E-state index contributed by atoms with van der Waals surface area (Å²) in [5.41, 5.74) is -2.29. The minimum absolute atomic E-state index is 0.0674. The van der Waals surface area contributed by atoms with E-state index in [1.165, 1.54) is 24.5 Å². The molecule has 12 heteroatoms. The Bertz CT molecular complexity index is 1360. The van der Waals surface area contributed by atoms with Crippen LogP contribution >= 0.6 is 15.9 Å². The fraction of sp³-hybridized carbons (Fsp3) is 0.200. The molecule has 0 saturated carbocycles. The van der Waals surface area contributed by atoms with Gasteiger partial charge in [0, 0.05) is 34.7 Å². The van der Waals surface area contributed by atoms with Crippen LogP contribution in [-0.4, -0.2) is 19.7 Å². The van der Waals surface area contributed by atoms with E-state index >= 15 is 0 Å². The third-order valence-electron chi connectivity index (χ3n) is 4.65. The van der Waals surface area contributed by atoms with Gasteiger partial charge >= 0.3 is 6.18 Å². The van der Waals surface area contributed by atoms with E-state index in [1.807, 2.05) is 0 Å². The number of pyridine rings is 1. The molecule has 4 aromatic rings. The van der Waals surface area contributed by atoms with E-state index in [-0.39, 0.29) is 17.3 Å². The van der Waals surface area contributed by atoms with Gasteiger partial charge in [0.25, 0.3) is 5.92 Å². The van der Waals surface area contributed by atoms with Crippen LogP contribution in [0.15, 0.2) is 45.5 Å². The van der Waals surface area contributed by atoms with Crippen LogP contribution in [0.2, 0.25) is 0 Å². The van der Waals surface area contributed by atoms with Gasteiger partial charge in [0.05, 0.1) is 28.5 Å². The number of fused-ring (bicyclic) bond motifs is 1. The van der Waals surface area contributed by atoms with Gasteiger partial charge in [-0.05, 0) is 40.2 Å². The molecule has 0 fully saturated rings. The molecule has 0 bridgehead atoms. The predicted molar refractivity (Wildman–Crippen MR) is 106 cm³/mol. The molecule has 3 heterocycles. The summed E-state index contributed by atoms with van der Waals surface area (Å²) in [6, 6.07) is 6.01. The Morgan fingerprint density at radius 1 is 1.12 bits per heavy atom. The van der Waals surface area contributed by atoms with Gasteiger partial charge in [0.15, 0.2) is 0 Å². The largest absolute Gasteiger partial charge is 0.419 e. The summed E-state index contributed by atoms with van der Waals surface area (Å²) in [5.74, 6) is -3.51. The minimum atomic E-state index is -4.91. The third kappa shape index (κ3) is 3.95. The Morgan fingerprint density at radius 3 is 2.50 bits per heavy atom. The molecular formula is C20H11BrF5N5O. The monoisotopic (exact) mass is 511 g/mol. The first-order valence-electron chi connectivity index (χ1n) is 8.94. The minimum Gasteiger partial charge on any atom is -0.419 e. The molecule has 164 valence electrons. The highest BCUT2D eigenvalue weighted by molar-refractivity contribution is 9.10. The molecule has 0 spiro atoms. The topological polar surface area (TPSA) is 80.5 Å². The number of hydrogen-bond acceptors (Lipinski definition) is 5. The summed E-state index contributed by atoms with van der Waals surface area (Å²) in [4.78, 5) is 3.97. The van der Waals surface area contributed by atoms with Crippen LogP contribution in [0.3, 0.4) is 0 Å². The average Bonchev–Trinajstić information content (AvgIpc) is 3.31. The van der Waals surface area contributed by atoms with E-state index < -0.39 is 40.9 Å². The first kappa shape index (κ1) is 21.9. The number of hydrogen-bond donors (Lipinski definition) is 0. The SMILES string of the molecule is CC(F)(F)c1cc2c(C(F)(F)F)c(C#N)ccc2n1Cc1nnc(-c2cncc(Br)c2)o1. The first-order chi connectivity index (χ1) is 15.0. The second-order valence-electron chi connectivity index (χ2n) is 6.93. The fourth-order valence-electron chi connectivity index (χ4n) is 3.37. The summed E-state index contributed by atoms with van der Waals surface area (Å²) >= 11 is 3.25. The van der Waals surface area contributed by atoms with E-state index in [4.69, 9.17) is 9.68 Å². The quantitative estimate of drug-likeness (QED) is 0.318. The highest BCUT2D eigenvalue weighted by Crippen LogP contribution is 2.41. The van der Waals surface area contributed by atoms with Gasteiger partial charge in [-0.2, -0.15) is 18.4 Å². The number of nitrogens with zero attached hydrogens (tertiary/aromatic N) is 5. The zero-order valence-corrected chi connectivity index (χ0v) is 17.7. The first-order valence-corrected chi connectivity index (χ1v) is 9.73. The van der Waals surface area contributed by atoms with Crippen molar-refractivity contribution in [3.8, 4) is 17.5 Å². The summed E-state index contributed by atoms with van der Waals surface area (Å²) in [5, 5.41) is 16.3. The van der Waals surface area contributed by atoms with Gasteiger partial charge < -0.3 is 8.98 Å². The van der Waals surface area contributed by atoms with Crippen molar-refractivity contribution >= 4 is 26.8 Å². The van der Waals surface area contributed by atoms with Crippen LogP contribution in [0.4, 0.5) is 22.0 Å². The maximum atomic E-state index is 14.3. The van der Waals surface area contributed by atoms with Gasteiger partial charge in [-0.3, -0.25) is 4.98 Å². The molecule has 0 radical (unpaired) electrons. The summed E-state index contributed by atoms with van der Waals surface area (Å²) in [6.07, 6.45) is -1.92. The second-order valence-corrected chi connectivity index (χ2v) is 7.84. The lowest BCUT2D eigenvalue weighted by atomic mass is 10.0. The second kappa shape index (κ2) is 7.67. The van der Waals surface area contributed by atoms with E-state index in [0.29, 0.717) is 17.0 Å². The van der Waals surface area contributed by atoms with Crippen molar-refractivity contribution in [1.29, 1.82) is 5.26 Å². The molecule has 0 saturated heterocycles. The molecule has 0 unspecified atom stereocenters. The molecule has 0 atom stereocenters. The highest BCUT2D eigenvalue weighted by Gasteiger charge is 2.39. The van der Waals surface area contributed by atoms with E-state index in [9.17, 15) is 22.0 Å². The van der Waals surface area contributed by atoms with Crippen molar-refractivity contribution in [2.75, 3.05) is 0 Å². The number of alkyl halides is 5. The van der Waals surface area contributed by atoms with Gasteiger partial charge in [0.1, 0.15) is 6.54 Å². The molecular weight excluding hydrogens is 501 g/mol. The van der Waals surface area contributed by atoms with Crippen LogP contribution in [0.25, 0.3) is 22.4 Å². The van der Waals surface area contributed by atoms with Crippen LogP contribution < -0.4 is 0 Å². The molecule has 0 aliphatic carbocycles. The number of halogens is 6. The van der Waals surface area contributed by atoms with Crippen LogP contribution in [0, 0.1) is 11.3 Å². The number of benzene rings is 1. The van der Waals surface area contributed by atoms with E-state index in [0.717, 1.165) is 16.7 Å². The number of aromatic nitrogens is 4. The lowest BCUT2D eigenvalue weighted by Gasteiger charge is -2.14. The van der Waals surface area contributed by atoms with E-state index in [1.54, 1.807) is 6.07 Å². The Morgan fingerprint density at radius 2 is 1.88 bits per heavy atom. The van der Waals surface area contributed by atoms with Crippen molar-refractivity contribution in [2.24, 2.45) is 0 Å². The highest BCUT2D eigenvalue weighted by atomic mass is 79.9. The molecule has 0 N–H and O–H groups in total. The molecule has 32 heavy (non-hydrogen) atoms. The summed E-state index contributed by atoms with van der Waals surface area (Å²) in [7, 11) is 0. The van der Waals surface area contributed by atoms with Crippen LogP contribution in [-0.2, 0) is 18.6 Å². The van der Waals surface area contributed by atoms with Gasteiger partial charge in [0.2, 0.25) is 11.8 Å². The van der Waals surface area contributed by atoms with Crippen molar-refractivity contribution < 1.29 is 26.4 Å². The standard InChI is InChI=1S/C20H11BrF5N5O/c1-19(22,23)15-5-13-14(3-2-10(6-27)17(13)20(24,25)26)31(15)9-16-29-30-18(32-16)11-4-12(21)8-28-7-11/h2-5,7-8H,9H2,1H3. The maximum absolute atomic E-state index is 14.3. The fourth-order valence-corrected chi connectivity index (χ4v) is 3.73. The van der Waals surface area contributed by atoms with Gasteiger partial charge in [-0.15, -0.1) is 10.2 Å².